The molecule has 1 heterocycles. The van der Waals surface area contributed by atoms with Crippen molar-refractivity contribution in [3.05, 3.63) is 0 Å². The zero-order valence-electron chi connectivity index (χ0n) is 14.2. The molecule has 1 saturated heterocycles. The van der Waals surface area contributed by atoms with Crippen molar-refractivity contribution in [2.75, 3.05) is 13.2 Å². The van der Waals surface area contributed by atoms with Gasteiger partial charge in [0.15, 0.2) is 0 Å². The summed E-state index contributed by atoms with van der Waals surface area (Å²) < 4.78 is 5.77. The van der Waals surface area contributed by atoms with Gasteiger partial charge in [-0.3, -0.25) is 10.1 Å². The molecule has 0 spiro atoms. The highest BCUT2D eigenvalue weighted by molar-refractivity contribution is 5.84. The number of hydrogen-bond donors (Lipinski definition) is 1. The summed E-state index contributed by atoms with van der Waals surface area (Å²) in [5.74, 6) is 1.10. The van der Waals surface area contributed by atoms with Crippen LogP contribution in [0.3, 0.4) is 0 Å². The Bertz CT molecular complexity index is 326. The van der Waals surface area contributed by atoms with Gasteiger partial charge in [-0.1, -0.05) is 27.7 Å². The lowest BCUT2D eigenvalue weighted by Crippen LogP contribution is -2.47. The van der Waals surface area contributed by atoms with Crippen LogP contribution in [0.2, 0.25) is 0 Å². The zero-order valence-corrected chi connectivity index (χ0v) is 14.2. The molecule has 118 valence electrons. The van der Waals surface area contributed by atoms with Crippen LogP contribution in [0.25, 0.3) is 0 Å². The van der Waals surface area contributed by atoms with Gasteiger partial charge in [-0.05, 0) is 39.0 Å². The van der Waals surface area contributed by atoms with Crippen LogP contribution < -0.4 is 5.32 Å². The molecule has 4 heteroatoms. The summed E-state index contributed by atoms with van der Waals surface area (Å²) in [6.07, 6.45) is 1.12. The van der Waals surface area contributed by atoms with E-state index in [4.69, 9.17) is 4.74 Å². The summed E-state index contributed by atoms with van der Waals surface area (Å²) in [7, 11) is 0. The van der Waals surface area contributed by atoms with Gasteiger partial charge in [0.1, 0.15) is 0 Å². The average Bonchev–Trinajstić information content (AvgIpc) is 2.56. The second kappa shape index (κ2) is 6.90. The number of nitrogens with one attached hydrogen (secondary N) is 1. The molecule has 1 aliphatic rings. The van der Waals surface area contributed by atoms with E-state index >= 15 is 0 Å². The first kappa shape index (κ1) is 17.4. The maximum atomic E-state index is 12.6. The molecule has 0 saturated carbocycles. The van der Waals surface area contributed by atoms with Crippen LogP contribution in [-0.2, 0) is 9.53 Å². The van der Waals surface area contributed by atoms with Crippen molar-refractivity contribution in [3.63, 3.8) is 0 Å². The Morgan fingerprint density at radius 2 is 1.90 bits per heavy atom. The quantitative estimate of drug-likeness (QED) is 0.781. The molecule has 1 rings (SSSR count). The van der Waals surface area contributed by atoms with Gasteiger partial charge >= 0.3 is 0 Å². The van der Waals surface area contributed by atoms with E-state index in [9.17, 15) is 4.79 Å². The number of carbonyl (C=O) groups excluding carboxylic acids is 1. The highest BCUT2D eigenvalue weighted by Crippen LogP contribution is 2.24. The molecule has 0 aliphatic carbocycles. The lowest BCUT2D eigenvalue weighted by Gasteiger charge is -2.34. The molecule has 0 aromatic carbocycles. The van der Waals surface area contributed by atoms with Crippen molar-refractivity contribution in [1.82, 2.24) is 10.2 Å². The van der Waals surface area contributed by atoms with Crippen LogP contribution >= 0.6 is 0 Å². The second-order valence-electron chi connectivity index (χ2n) is 7.19. The van der Waals surface area contributed by atoms with Crippen LogP contribution in [0, 0.1) is 11.8 Å². The monoisotopic (exact) mass is 284 g/mol. The Morgan fingerprint density at radius 1 is 1.30 bits per heavy atom. The number of carbonyl (C=O) groups is 1. The Labute approximate surface area is 124 Å². The minimum atomic E-state index is -0.298. The Kier molecular flexibility index (Phi) is 6.02. The second-order valence-corrected chi connectivity index (χ2v) is 7.19. The van der Waals surface area contributed by atoms with Crippen molar-refractivity contribution < 1.29 is 9.53 Å². The van der Waals surface area contributed by atoms with Gasteiger partial charge in [-0.2, -0.15) is 0 Å². The van der Waals surface area contributed by atoms with E-state index in [2.05, 4.69) is 46.9 Å². The largest absolute Gasteiger partial charge is 0.374 e. The van der Waals surface area contributed by atoms with Crippen LogP contribution in [-0.4, -0.2) is 41.8 Å². The molecule has 20 heavy (non-hydrogen) atoms. The van der Waals surface area contributed by atoms with Crippen molar-refractivity contribution in [1.29, 1.82) is 0 Å². The Hall–Kier alpha value is -0.610. The van der Waals surface area contributed by atoms with E-state index in [-0.39, 0.29) is 23.7 Å². The van der Waals surface area contributed by atoms with Crippen molar-refractivity contribution >= 4 is 5.91 Å². The number of amides is 1. The lowest BCUT2D eigenvalue weighted by atomic mass is 10.0. The van der Waals surface area contributed by atoms with Gasteiger partial charge in [0, 0.05) is 6.61 Å². The molecule has 2 atom stereocenters. The minimum Gasteiger partial charge on any atom is -0.374 e. The van der Waals surface area contributed by atoms with E-state index in [1.54, 1.807) is 0 Å². The third-order valence-electron chi connectivity index (χ3n) is 3.74. The number of hydrogen-bond acceptors (Lipinski definition) is 3. The van der Waals surface area contributed by atoms with Gasteiger partial charge in [-0.25, -0.2) is 0 Å². The molecule has 1 N–H and O–H groups in total. The molecule has 0 aromatic heterocycles. The van der Waals surface area contributed by atoms with E-state index in [0.29, 0.717) is 25.0 Å². The topological polar surface area (TPSA) is 41.6 Å². The van der Waals surface area contributed by atoms with Crippen molar-refractivity contribution in [2.24, 2.45) is 11.8 Å². The fourth-order valence-corrected chi connectivity index (χ4v) is 2.85. The van der Waals surface area contributed by atoms with Gasteiger partial charge < -0.3 is 9.64 Å². The van der Waals surface area contributed by atoms with Gasteiger partial charge in [0.25, 0.3) is 0 Å². The maximum Gasteiger partial charge on any atom is 0.241 e. The molecule has 1 amide bonds. The molecular weight excluding hydrogens is 252 g/mol. The summed E-state index contributed by atoms with van der Waals surface area (Å²) in [6, 6.07) is -0.0591. The van der Waals surface area contributed by atoms with E-state index in [1.165, 1.54) is 0 Å². The van der Waals surface area contributed by atoms with E-state index in [0.717, 1.165) is 6.42 Å². The molecule has 1 fully saturated rings. The SMILES string of the molecule is CCOC(C)(C)CN1C(=O)C(C(C)C)NC1CC(C)C. The molecule has 0 aromatic rings. The zero-order chi connectivity index (χ0) is 15.5. The predicted octanol–water partition coefficient (Wildman–Crippen LogP) is 2.63. The molecule has 0 radical (unpaired) electrons. The molecule has 0 bridgehead atoms. The molecule has 1 aliphatic heterocycles. The number of ether oxygens (including phenoxy) is 1. The van der Waals surface area contributed by atoms with Gasteiger partial charge in [-0.15, -0.1) is 0 Å². The first-order valence-electron chi connectivity index (χ1n) is 7.88. The highest BCUT2D eigenvalue weighted by atomic mass is 16.5. The van der Waals surface area contributed by atoms with Gasteiger partial charge in [0.2, 0.25) is 5.91 Å². The van der Waals surface area contributed by atoms with Gasteiger partial charge in [0.05, 0.1) is 24.4 Å². The summed E-state index contributed by atoms with van der Waals surface area (Å²) in [4.78, 5) is 14.6. The summed E-state index contributed by atoms with van der Waals surface area (Å²) >= 11 is 0. The van der Waals surface area contributed by atoms with Crippen LogP contribution in [0.4, 0.5) is 0 Å². The fraction of sp³-hybridized carbons (Fsp3) is 0.938. The Balaban J connectivity index is 2.84. The van der Waals surface area contributed by atoms with E-state index < -0.39 is 0 Å². The average molecular weight is 284 g/mol. The lowest BCUT2D eigenvalue weighted by molar-refractivity contribution is -0.135. The van der Waals surface area contributed by atoms with Crippen molar-refractivity contribution in [3.8, 4) is 0 Å². The van der Waals surface area contributed by atoms with Crippen LogP contribution in [0.1, 0.15) is 54.9 Å². The first-order chi connectivity index (χ1) is 9.18. The van der Waals surface area contributed by atoms with Crippen molar-refractivity contribution in [2.45, 2.75) is 72.7 Å². The summed E-state index contributed by atoms with van der Waals surface area (Å²) in [6.45, 7) is 16.0. The smallest absolute Gasteiger partial charge is 0.241 e. The third kappa shape index (κ3) is 4.45. The van der Waals surface area contributed by atoms with E-state index in [1.807, 2.05) is 11.8 Å². The summed E-state index contributed by atoms with van der Waals surface area (Å²) in [5, 5.41) is 3.51. The Morgan fingerprint density at radius 3 is 2.35 bits per heavy atom. The third-order valence-corrected chi connectivity index (χ3v) is 3.74. The maximum absolute atomic E-state index is 12.6. The highest BCUT2D eigenvalue weighted by Gasteiger charge is 2.42. The minimum absolute atomic E-state index is 0.0591. The standard InChI is InChI=1S/C16H32N2O2/c1-8-20-16(6,7)10-18-13(9-11(2)3)17-14(12(4)5)15(18)19/h11-14,17H,8-10H2,1-7H3. The molecular formula is C16H32N2O2. The fourth-order valence-electron chi connectivity index (χ4n) is 2.85. The summed E-state index contributed by atoms with van der Waals surface area (Å²) in [5.41, 5.74) is -0.298. The van der Waals surface area contributed by atoms with Crippen LogP contribution in [0.5, 0.6) is 0 Å². The normalized spacial score (nSPS) is 24.2. The number of nitrogens with zero attached hydrogens (tertiary/aromatic N) is 1. The van der Waals surface area contributed by atoms with Crippen LogP contribution in [0.15, 0.2) is 0 Å². The molecule has 4 nitrogen and oxygen atoms in total. The molecule has 2 unspecified atom stereocenters. The number of rotatable bonds is 7. The predicted molar refractivity (Wildman–Crippen MR) is 82.4 cm³/mol. The first-order valence-corrected chi connectivity index (χ1v) is 7.88.